The van der Waals surface area contributed by atoms with E-state index in [-0.39, 0.29) is 5.56 Å². The first-order valence-corrected chi connectivity index (χ1v) is 3.25. The van der Waals surface area contributed by atoms with Crippen LogP contribution < -0.4 is 0 Å². The molecule has 1 aromatic rings. The molecule has 0 heterocycles. The fourth-order valence-corrected chi connectivity index (χ4v) is 0.782. The lowest BCUT2D eigenvalue weighted by Crippen LogP contribution is -2.29. The first-order chi connectivity index (χ1) is 5.55. The first-order valence-electron chi connectivity index (χ1n) is 3.25. The lowest BCUT2D eigenvalue weighted by atomic mass is 10.1. The minimum Gasteiger partial charge on any atom is -0.477 e. The third-order valence-corrected chi connectivity index (χ3v) is 1.44. The van der Waals surface area contributed by atoms with Crippen molar-refractivity contribution in [3.05, 3.63) is 35.9 Å². The second-order valence-corrected chi connectivity index (χ2v) is 2.29. The lowest BCUT2D eigenvalue weighted by Gasteiger charge is -2.12. The first kappa shape index (κ1) is 8.67. The minimum absolute atomic E-state index is 0.280. The van der Waals surface area contributed by atoms with E-state index in [1.807, 2.05) is 0 Å². The van der Waals surface area contributed by atoms with Crippen molar-refractivity contribution in [3.63, 3.8) is 0 Å². The number of aliphatic hydroxyl groups is 1. The molecule has 64 valence electrons. The van der Waals surface area contributed by atoms with Gasteiger partial charge in [0, 0.05) is 5.56 Å². The number of carbonyl (C=O) groups is 1. The van der Waals surface area contributed by atoms with Gasteiger partial charge < -0.3 is 10.2 Å². The Labute approximate surface area is 68.1 Å². The molecule has 0 unspecified atom stereocenters. The summed E-state index contributed by atoms with van der Waals surface area (Å²) < 4.78 is 12.9. The van der Waals surface area contributed by atoms with Crippen LogP contribution in [-0.2, 0) is 10.6 Å². The van der Waals surface area contributed by atoms with Crippen LogP contribution in [-0.4, -0.2) is 16.2 Å². The van der Waals surface area contributed by atoms with Crippen molar-refractivity contribution in [2.24, 2.45) is 0 Å². The van der Waals surface area contributed by atoms with Crippen molar-refractivity contribution >= 4 is 5.97 Å². The van der Waals surface area contributed by atoms with Gasteiger partial charge in [-0.3, -0.25) is 0 Å². The largest absolute Gasteiger partial charge is 0.477 e. The second-order valence-electron chi connectivity index (χ2n) is 2.29. The van der Waals surface area contributed by atoms with Gasteiger partial charge in [0.05, 0.1) is 0 Å². The standard InChI is InChI=1S/C8H7FO3/c9-8(12,7(10)11)6-4-2-1-3-5-6/h1-5,12H,(H,10,11)/t8-/m1/s1. The molecule has 12 heavy (non-hydrogen) atoms. The molecule has 0 spiro atoms. The van der Waals surface area contributed by atoms with Crippen molar-refractivity contribution in [1.82, 2.24) is 0 Å². The van der Waals surface area contributed by atoms with Gasteiger partial charge in [-0.1, -0.05) is 30.3 Å². The van der Waals surface area contributed by atoms with Crippen LogP contribution in [0.3, 0.4) is 0 Å². The van der Waals surface area contributed by atoms with Gasteiger partial charge in [-0.15, -0.1) is 0 Å². The SMILES string of the molecule is O=C(O)[C@@](O)(F)c1ccccc1. The van der Waals surface area contributed by atoms with Crippen LogP contribution >= 0.6 is 0 Å². The highest BCUT2D eigenvalue weighted by molar-refractivity contribution is 5.76. The predicted molar refractivity (Wildman–Crippen MR) is 39.1 cm³/mol. The van der Waals surface area contributed by atoms with E-state index in [2.05, 4.69) is 0 Å². The smallest absolute Gasteiger partial charge is 0.374 e. The number of carboxylic acid groups (broad SMARTS) is 1. The maximum absolute atomic E-state index is 12.9. The number of carboxylic acids is 1. The summed E-state index contributed by atoms with van der Waals surface area (Å²) in [6, 6.07) is 6.90. The number of hydrogen-bond donors (Lipinski definition) is 2. The third kappa shape index (κ3) is 1.43. The highest BCUT2D eigenvalue weighted by Crippen LogP contribution is 2.22. The molecule has 0 bridgehead atoms. The van der Waals surface area contributed by atoms with Crippen LogP contribution in [0.4, 0.5) is 4.39 Å². The Bertz CT molecular complexity index is 282. The number of rotatable bonds is 2. The zero-order chi connectivity index (χ0) is 9.19. The average molecular weight is 170 g/mol. The Hall–Kier alpha value is -1.42. The summed E-state index contributed by atoms with van der Waals surface area (Å²) in [5.74, 6) is -5.20. The van der Waals surface area contributed by atoms with Crippen molar-refractivity contribution in [2.45, 2.75) is 5.85 Å². The highest BCUT2D eigenvalue weighted by Gasteiger charge is 2.37. The van der Waals surface area contributed by atoms with Gasteiger partial charge >= 0.3 is 11.8 Å². The number of aliphatic carboxylic acids is 1. The summed E-state index contributed by atoms with van der Waals surface area (Å²) in [6.07, 6.45) is 0. The van der Waals surface area contributed by atoms with Crippen LogP contribution in [0.2, 0.25) is 0 Å². The number of alkyl halides is 1. The maximum Gasteiger partial charge on any atom is 0.374 e. The van der Waals surface area contributed by atoms with Gasteiger partial charge in [0.25, 0.3) is 0 Å². The summed E-state index contributed by atoms with van der Waals surface area (Å²) in [5.41, 5.74) is -0.280. The molecule has 0 amide bonds. The zero-order valence-electron chi connectivity index (χ0n) is 6.07. The molecule has 0 radical (unpaired) electrons. The van der Waals surface area contributed by atoms with Crippen molar-refractivity contribution < 1.29 is 19.4 Å². The van der Waals surface area contributed by atoms with E-state index >= 15 is 0 Å². The van der Waals surface area contributed by atoms with E-state index in [4.69, 9.17) is 10.2 Å². The molecular formula is C8H7FO3. The molecule has 0 aliphatic carbocycles. The lowest BCUT2D eigenvalue weighted by molar-refractivity contribution is -0.182. The van der Waals surface area contributed by atoms with Crippen molar-refractivity contribution in [3.8, 4) is 0 Å². The molecular weight excluding hydrogens is 163 g/mol. The van der Waals surface area contributed by atoms with E-state index in [0.717, 1.165) is 0 Å². The Morgan fingerprint density at radius 2 is 1.83 bits per heavy atom. The van der Waals surface area contributed by atoms with Gasteiger partial charge in [-0.25, -0.2) is 4.79 Å². The second kappa shape index (κ2) is 2.91. The monoisotopic (exact) mass is 170 g/mol. The molecule has 3 nitrogen and oxygen atoms in total. The molecule has 0 saturated carbocycles. The fraction of sp³-hybridized carbons (Fsp3) is 0.125. The molecule has 0 fully saturated rings. The van der Waals surface area contributed by atoms with Crippen LogP contribution in [0.25, 0.3) is 0 Å². The van der Waals surface area contributed by atoms with E-state index in [1.165, 1.54) is 24.3 Å². The molecule has 0 aliphatic rings. The van der Waals surface area contributed by atoms with E-state index in [1.54, 1.807) is 6.07 Å². The minimum atomic E-state index is -3.29. The predicted octanol–water partition coefficient (Wildman–Crippen LogP) is 0.886. The quantitative estimate of drug-likeness (QED) is 0.692. The van der Waals surface area contributed by atoms with Crippen molar-refractivity contribution in [2.75, 3.05) is 0 Å². The highest BCUT2D eigenvalue weighted by atomic mass is 19.2. The topological polar surface area (TPSA) is 57.5 Å². The zero-order valence-corrected chi connectivity index (χ0v) is 6.07. The van der Waals surface area contributed by atoms with Gasteiger partial charge in [0.2, 0.25) is 0 Å². The van der Waals surface area contributed by atoms with E-state index < -0.39 is 11.8 Å². The van der Waals surface area contributed by atoms with Crippen LogP contribution in [0.1, 0.15) is 5.56 Å². The summed E-state index contributed by atoms with van der Waals surface area (Å²) >= 11 is 0. The summed E-state index contributed by atoms with van der Waals surface area (Å²) in [5, 5.41) is 17.1. The molecule has 4 heteroatoms. The molecule has 0 saturated heterocycles. The Kier molecular flexibility index (Phi) is 2.10. The summed E-state index contributed by atoms with van der Waals surface area (Å²) in [4.78, 5) is 10.2. The van der Waals surface area contributed by atoms with Gasteiger partial charge in [0.1, 0.15) is 0 Å². The van der Waals surface area contributed by atoms with Gasteiger partial charge in [-0.2, -0.15) is 4.39 Å². The van der Waals surface area contributed by atoms with Crippen molar-refractivity contribution in [1.29, 1.82) is 0 Å². The Balaban J connectivity index is 3.06. The maximum atomic E-state index is 12.9. The van der Waals surface area contributed by atoms with Gasteiger partial charge in [0.15, 0.2) is 0 Å². The fourth-order valence-electron chi connectivity index (χ4n) is 0.782. The summed E-state index contributed by atoms with van der Waals surface area (Å²) in [7, 11) is 0. The third-order valence-electron chi connectivity index (χ3n) is 1.44. The Morgan fingerprint density at radius 1 is 1.33 bits per heavy atom. The molecule has 1 aromatic carbocycles. The molecule has 1 rings (SSSR count). The molecule has 2 N–H and O–H groups in total. The average Bonchev–Trinajstić information content (AvgIpc) is 2.06. The van der Waals surface area contributed by atoms with E-state index in [9.17, 15) is 9.18 Å². The summed E-state index contributed by atoms with van der Waals surface area (Å²) in [6.45, 7) is 0. The normalized spacial score (nSPS) is 15.2. The Morgan fingerprint density at radius 3 is 2.25 bits per heavy atom. The number of hydrogen-bond acceptors (Lipinski definition) is 2. The van der Waals surface area contributed by atoms with Crippen LogP contribution in [0.5, 0.6) is 0 Å². The molecule has 1 atom stereocenters. The number of halogens is 1. The van der Waals surface area contributed by atoms with Crippen LogP contribution in [0, 0.1) is 0 Å². The van der Waals surface area contributed by atoms with E-state index in [0.29, 0.717) is 0 Å². The van der Waals surface area contributed by atoms with Gasteiger partial charge in [-0.05, 0) is 0 Å². The molecule has 0 aromatic heterocycles. The number of benzene rings is 1. The molecule has 0 aliphatic heterocycles. The van der Waals surface area contributed by atoms with Crippen LogP contribution in [0.15, 0.2) is 30.3 Å².